The van der Waals surface area contributed by atoms with Gasteiger partial charge >= 0.3 is 0 Å². The first-order valence-electron chi connectivity index (χ1n) is 11.9. The van der Waals surface area contributed by atoms with Crippen LogP contribution >= 0.6 is 0 Å². The molecule has 2 aromatic rings. The summed E-state index contributed by atoms with van der Waals surface area (Å²) in [6, 6.07) is 8.92. The maximum absolute atomic E-state index is 12.9. The molecule has 7 nitrogen and oxygen atoms in total. The minimum absolute atomic E-state index is 0.0930. The number of carbonyl (C=O) groups excluding carboxylic acids is 2. The molecule has 2 aliphatic heterocycles. The quantitative estimate of drug-likeness (QED) is 0.705. The van der Waals surface area contributed by atoms with Crippen LogP contribution in [0, 0.1) is 13.8 Å². The largest absolute Gasteiger partial charge is 0.371 e. The number of amides is 2. The molecule has 2 aliphatic rings. The number of hydrogen-bond donors (Lipinski definition) is 1. The number of nitrogens with zero attached hydrogens (tertiary/aromatic N) is 4. The number of aromatic nitrogens is 2. The number of fused-ring (bicyclic) bond motifs is 1. The molecular formula is C25H35N5O2. The lowest BCUT2D eigenvalue weighted by molar-refractivity contribution is -0.130. The van der Waals surface area contributed by atoms with Gasteiger partial charge in [-0.2, -0.15) is 0 Å². The van der Waals surface area contributed by atoms with E-state index in [1.165, 1.54) is 17.7 Å². The molecular weight excluding hydrogens is 402 g/mol. The molecule has 0 radical (unpaired) electrons. The minimum Gasteiger partial charge on any atom is -0.371 e. The third kappa shape index (κ3) is 4.66. The number of rotatable bonds is 6. The van der Waals surface area contributed by atoms with E-state index >= 15 is 0 Å². The highest BCUT2D eigenvalue weighted by molar-refractivity contribution is 5.93. The lowest BCUT2D eigenvalue weighted by Gasteiger charge is -2.33. The van der Waals surface area contributed by atoms with E-state index in [0.29, 0.717) is 18.3 Å². The number of para-hydroxylation sites is 1. The summed E-state index contributed by atoms with van der Waals surface area (Å²) in [7, 11) is 0. The van der Waals surface area contributed by atoms with Gasteiger partial charge in [-0.3, -0.25) is 9.59 Å². The highest BCUT2D eigenvalue weighted by atomic mass is 16.2. The zero-order chi connectivity index (χ0) is 22.7. The van der Waals surface area contributed by atoms with Gasteiger partial charge in [-0.15, -0.1) is 0 Å². The van der Waals surface area contributed by atoms with Crippen molar-refractivity contribution in [1.82, 2.24) is 19.8 Å². The van der Waals surface area contributed by atoms with E-state index in [1.54, 1.807) is 6.92 Å². The van der Waals surface area contributed by atoms with E-state index in [0.717, 1.165) is 63.4 Å². The maximum Gasteiger partial charge on any atom is 0.271 e. The van der Waals surface area contributed by atoms with Crippen molar-refractivity contribution in [1.29, 1.82) is 0 Å². The van der Waals surface area contributed by atoms with E-state index in [-0.39, 0.29) is 11.8 Å². The molecule has 0 bridgehead atoms. The van der Waals surface area contributed by atoms with Gasteiger partial charge in [0.05, 0.1) is 0 Å². The van der Waals surface area contributed by atoms with Crippen molar-refractivity contribution in [3.63, 3.8) is 0 Å². The van der Waals surface area contributed by atoms with Crippen LogP contribution in [0.15, 0.2) is 24.3 Å². The number of benzene rings is 1. The van der Waals surface area contributed by atoms with Crippen LogP contribution in [0.4, 0.5) is 5.69 Å². The predicted octanol–water partition coefficient (Wildman–Crippen LogP) is 3.26. The number of likely N-dealkylation sites (tertiary alicyclic amines) is 1. The van der Waals surface area contributed by atoms with E-state index in [4.69, 9.17) is 0 Å². The Kier molecular flexibility index (Phi) is 6.82. The van der Waals surface area contributed by atoms with Crippen molar-refractivity contribution >= 4 is 17.5 Å². The third-order valence-corrected chi connectivity index (χ3v) is 6.91. The van der Waals surface area contributed by atoms with Gasteiger partial charge in [0, 0.05) is 57.1 Å². The summed E-state index contributed by atoms with van der Waals surface area (Å²) >= 11 is 0. The Morgan fingerprint density at radius 3 is 2.62 bits per heavy atom. The van der Waals surface area contributed by atoms with Crippen molar-refractivity contribution < 1.29 is 9.59 Å². The van der Waals surface area contributed by atoms with Gasteiger partial charge in [0.2, 0.25) is 5.91 Å². The predicted molar refractivity (Wildman–Crippen MR) is 126 cm³/mol. The van der Waals surface area contributed by atoms with Crippen LogP contribution in [0.3, 0.4) is 0 Å². The van der Waals surface area contributed by atoms with Crippen LogP contribution < -0.4 is 10.2 Å². The topological polar surface area (TPSA) is 70.5 Å². The van der Waals surface area contributed by atoms with E-state index in [2.05, 4.69) is 44.0 Å². The SMILES string of the molecule is CC(=O)N1CCC(n2c(C)nc(C(=O)NCCCN3CCCc4ccccc43)c2C)CC1. The van der Waals surface area contributed by atoms with E-state index in [9.17, 15) is 9.59 Å². The van der Waals surface area contributed by atoms with Crippen molar-refractivity contribution in [2.45, 2.75) is 58.9 Å². The summed E-state index contributed by atoms with van der Waals surface area (Å²) in [4.78, 5) is 33.4. The van der Waals surface area contributed by atoms with Gasteiger partial charge in [-0.1, -0.05) is 18.2 Å². The first kappa shape index (κ1) is 22.4. The zero-order valence-electron chi connectivity index (χ0n) is 19.6. The molecule has 1 N–H and O–H groups in total. The molecule has 0 spiro atoms. The first-order chi connectivity index (χ1) is 15.5. The third-order valence-electron chi connectivity index (χ3n) is 6.91. The lowest BCUT2D eigenvalue weighted by Crippen LogP contribution is -2.38. The van der Waals surface area contributed by atoms with Gasteiger partial charge in [0.1, 0.15) is 11.5 Å². The summed E-state index contributed by atoms with van der Waals surface area (Å²) in [5.74, 6) is 0.916. The number of aryl methyl sites for hydroxylation is 2. The van der Waals surface area contributed by atoms with E-state index < -0.39 is 0 Å². The molecule has 0 saturated carbocycles. The number of anilines is 1. The van der Waals surface area contributed by atoms with E-state index in [1.807, 2.05) is 18.7 Å². The molecule has 4 rings (SSSR count). The van der Waals surface area contributed by atoms with Gasteiger partial charge in [-0.25, -0.2) is 4.98 Å². The molecule has 1 aromatic carbocycles. The van der Waals surface area contributed by atoms with Gasteiger partial charge in [0.15, 0.2) is 0 Å². The molecule has 2 amide bonds. The van der Waals surface area contributed by atoms with Crippen molar-refractivity contribution in [2.75, 3.05) is 37.6 Å². The molecule has 32 heavy (non-hydrogen) atoms. The molecule has 3 heterocycles. The summed E-state index contributed by atoms with van der Waals surface area (Å²) in [5.41, 5.74) is 4.21. The normalized spacial score (nSPS) is 16.7. The fourth-order valence-electron chi connectivity index (χ4n) is 5.24. The molecule has 0 aliphatic carbocycles. The van der Waals surface area contributed by atoms with Crippen LogP contribution in [0.5, 0.6) is 0 Å². The number of nitrogens with one attached hydrogen (secondary N) is 1. The average Bonchev–Trinajstić information content (AvgIpc) is 3.10. The number of imidazole rings is 1. The molecule has 1 saturated heterocycles. The molecule has 1 aromatic heterocycles. The van der Waals surface area contributed by atoms with Gasteiger partial charge < -0.3 is 19.7 Å². The number of hydrogen-bond acceptors (Lipinski definition) is 4. The van der Waals surface area contributed by atoms with Crippen molar-refractivity contribution in [2.24, 2.45) is 0 Å². The van der Waals surface area contributed by atoms with Gasteiger partial charge in [-0.05, 0) is 57.6 Å². The monoisotopic (exact) mass is 437 g/mol. The molecule has 7 heteroatoms. The minimum atomic E-state index is -0.0930. The Bertz CT molecular complexity index is 975. The highest BCUT2D eigenvalue weighted by Gasteiger charge is 2.27. The van der Waals surface area contributed by atoms with Crippen LogP contribution in [0.25, 0.3) is 0 Å². The number of carbonyl (C=O) groups is 2. The molecule has 1 fully saturated rings. The van der Waals surface area contributed by atoms with Crippen LogP contribution in [0.2, 0.25) is 0 Å². The molecule has 172 valence electrons. The van der Waals surface area contributed by atoms with Crippen molar-refractivity contribution in [3.8, 4) is 0 Å². The number of piperidine rings is 1. The smallest absolute Gasteiger partial charge is 0.271 e. The Hall–Kier alpha value is -2.83. The second-order valence-corrected chi connectivity index (χ2v) is 9.03. The van der Waals surface area contributed by atoms with Crippen LogP contribution in [-0.2, 0) is 11.2 Å². The van der Waals surface area contributed by atoms with Crippen LogP contribution in [0.1, 0.15) is 66.2 Å². The Morgan fingerprint density at radius 2 is 1.88 bits per heavy atom. The summed E-state index contributed by atoms with van der Waals surface area (Å²) in [5, 5.41) is 3.07. The Balaban J connectivity index is 1.31. The first-order valence-corrected chi connectivity index (χ1v) is 11.9. The fourth-order valence-corrected chi connectivity index (χ4v) is 5.24. The Labute approximate surface area is 190 Å². The highest BCUT2D eigenvalue weighted by Crippen LogP contribution is 2.28. The van der Waals surface area contributed by atoms with Gasteiger partial charge in [0.25, 0.3) is 5.91 Å². The van der Waals surface area contributed by atoms with Crippen molar-refractivity contribution in [3.05, 3.63) is 47.0 Å². The standard InChI is InChI=1S/C25H35N5O2/c1-18-24(27-19(2)30(18)22-11-16-28(17-12-22)20(3)31)25(32)26-13-7-15-29-14-6-9-21-8-4-5-10-23(21)29/h4-5,8,10,22H,6-7,9,11-17H2,1-3H3,(H,26,32). The molecule has 0 atom stereocenters. The lowest BCUT2D eigenvalue weighted by atomic mass is 10.0. The fraction of sp³-hybridized carbons (Fsp3) is 0.560. The zero-order valence-corrected chi connectivity index (χ0v) is 19.6. The average molecular weight is 438 g/mol. The Morgan fingerprint density at radius 1 is 1.12 bits per heavy atom. The summed E-state index contributed by atoms with van der Waals surface area (Å²) in [6.07, 6.45) is 5.04. The van der Waals surface area contributed by atoms with Crippen LogP contribution in [-0.4, -0.2) is 59.0 Å². The maximum atomic E-state index is 12.9. The second-order valence-electron chi connectivity index (χ2n) is 9.03. The molecule has 0 unspecified atom stereocenters. The summed E-state index contributed by atoms with van der Waals surface area (Å²) < 4.78 is 2.19. The second kappa shape index (κ2) is 9.76. The summed E-state index contributed by atoms with van der Waals surface area (Å²) in [6.45, 7) is 9.76.